The van der Waals surface area contributed by atoms with E-state index in [4.69, 9.17) is 0 Å². The molecule has 0 aliphatic carbocycles. The molecule has 3 rings (SSSR count). The zero-order chi connectivity index (χ0) is 16.2. The first-order chi connectivity index (χ1) is 11.2. The van der Waals surface area contributed by atoms with E-state index in [1.807, 2.05) is 18.3 Å². The molecule has 1 amide bonds. The number of hydrogen-bond donors (Lipinski definition) is 3. The van der Waals surface area contributed by atoms with Gasteiger partial charge in [0.05, 0.1) is 6.21 Å². The van der Waals surface area contributed by atoms with Gasteiger partial charge in [-0.1, -0.05) is 31.2 Å². The number of H-pyrrole nitrogens is 1. The molecule has 2 aromatic carbocycles. The summed E-state index contributed by atoms with van der Waals surface area (Å²) in [5, 5.41) is 14.5. The molecule has 0 saturated heterocycles. The number of hydrazone groups is 1. The van der Waals surface area contributed by atoms with Crippen LogP contribution in [0.15, 0.2) is 53.8 Å². The largest absolute Gasteiger partial charge is 0.508 e. The van der Waals surface area contributed by atoms with Crippen LogP contribution < -0.4 is 5.43 Å². The van der Waals surface area contributed by atoms with Gasteiger partial charge in [-0.15, -0.1) is 0 Å². The van der Waals surface area contributed by atoms with Crippen molar-refractivity contribution in [1.29, 1.82) is 0 Å². The van der Waals surface area contributed by atoms with Crippen LogP contribution in [0.5, 0.6) is 5.75 Å². The number of carbonyl (C=O) groups is 1. The Hall–Kier alpha value is -3.08. The molecule has 0 bridgehead atoms. The molecule has 0 aliphatic heterocycles. The molecule has 0 radical (unpaired) electrons. The Bertz CT molecular complexity index is 881. The summed E-state index contributed by atoms with van der Waals surface area (Å²) < 4.78 is 0. The highest BCUT2D eigenvalue weighted by Gasteiger charge is 2.06. The molecule has 0 spiro atoms. The quantitative estimate of drug-likeness (QED) is 0.511. The maximum atomic E-state index is 11.9. The number of fused-ring (bicyclic) bond motifs is 1. The number of phenols is 1. The molecule has 0 fully saturated rings. The van der Waals surface area contributed by atoms with Crippen molar-refractivity contribution in [3.63, 3.8) is 0 Å². The number of aromatic nitrogens is 1. The van der Waals surface area contributed by atoms with Crippen LogP contribution in [0.3, 0.4) is 0 Å². The fourth-order valence-electron chi connectivity index (χ4n) is 2.51. The van der Waals surface area contributed by atoms with Crippen molar-refractivity contribution in [3.8, 4) is 5.75 Å². The van der Waals surface area contributed by atoms with E-state index >= 15 is 0 Å². The lowest BCUT2D eigenvalue weighted by atomic mass is 10.1. The number of nitrogens with zero attached hydrogens (tertiary/aromatic N) is 1. The molecular formula is C18H17N3O2. The zero-order valence-electron chi connectivity index (χ0n) is 12.7. The molecule has 0 unspecified atom stereocenters. The molecule has 5 heteroatoms. The number of para-hydroxylation sites is 1. The van der Waals surface area contributed by atoms with Crippen LogP contribution in [-0.2, 0) is 6.42 Å². The Morgan fingerprint density at radius 3 is 2.91 bits per heavy atom. The van der Waals surface area contributed by atoms with E-state index < -0.39 is 0 Å². The Kier molecular flexibility index (Phi) is 4.10. The molecule has 1 heterocycles. The molecule has 3 N–H and O–H groups in total. The predicted molar refractivity (Wildman–Crippen MR) is 90.8 cm³/mol. The highest BCUT2D eigenvalue weighted by atomic mass is 16.3. The Morgan fingerprint density at radius 2 is 2.13 bits per heavy atom. The summed E-state index contributed by atoms with van der Waals surface area (Å²) in [4.78, 5) is 15.2. The predicted octanol–water partition coefficient (Wildman–Crippen LogP) is 3.20. The van der Waals surface area contributed by atoms with Crippen molar-refractivity contribution in [2.75, 3.05) is 0 Å². The molecule has 23 heavy (non-hydrogen) atoms. The zero-order valence-corrected chi connectivity index (χ0v) is 12.7. The van der Waals surface area contributed by atoms with Gasteiger partial charge in [-0.2, -0.15) is 5.10 Å². The Morgan fingerprint density at radius 1 is 1.30 bits per heavy atom. The van der Waals surface area contributed by atoms with Crippen LogP contribution in [0, 0.1) is 0 Å². The summed E-state index contributed by atoms with van der Waals surface area (Å²) in [6.07, 6.45) is 4.43. The van der Waals surface area contributed by atoms with Crippen LogP contribution in [0.1, 0.15) is 28.4 Å². The summed E-state index contributed by atoms with van der Waals surface area (Å²) in [5.41, 5.74) is 6.06. The molecule has 3 aromatic rings. The van der Waals surface area contributed by atoms with E-state index in [0.717, 1.165) is 22.9 Å². The number of amides is 1. The lowest BCUT2D eigenvalue weighted by Gasteiger charge is -2.00. The minimum Gasteiger partial charge on any atom is -0.508 e. The normalized spacial score (nSPS) is 11.2. The topological polar surface area (TPSA) is 77.5 Å². The van der Waals surface area contributed by atoms with Gasteiger partial charge in [-0.25, -0.2) is 5.43 Å². The first kappa shape index (κ1) is 14.8. The summed E-state index contributed by atoms with van der Waals surface area (Å²) in [6, 6.07) is 12.2. The highest BCUT2D eigenvalue weighted by Crippen LogP contribution is 2.21. The van der Waals surface area contributed by atoms with Crippen LogP contribution in [0.2, 0.25) is 0 Å². The standard InChI is InChI=1S/C18H17N3O2/c1-2-12-5-4-8-16-14(10-19-17(12)16)11-20-21-18(23)13-6-3-7-15(22)9-13/h3-11,19,22H,2H2,1H3,(H,21,23)/b20-11+. The third-order valence-electron chi connectivity index (χ3n) is 3.69. The number of aromatic hydroxyl groups is 1. The number of phenolic OH excluding ortho intramolecular Hbond substituents is 1. The van der Waals surface area contributed by atoms with Gasteiger partial charge in [-0.3, -0.25) is 4.79 Å². The second-order valence-electron chi connectivity index (χ2n) is 5.19. The summed E-state index contributed by atoms with van der Waals surface area (Å²) in [5.74, 6) is -0.323. The first-order valence-electron chi connectivity index (χ1n) is 7.40. The van der Waals surface area contributed by atoms with Gasteiger partial charge >= 0.3 is 0 Å². The first-order valence-corrected chi connectivity index (χ1v) is 7.40. The van der Waals surface area contributed by atoms with Gasteiger partial charge in [0.15, 0.2) is 0 Å². The fraction of sp³-hybridized carbons (Fsp3) is 0.111. The van der Waals surface area contributed by atoms with E-state index in [9.17, 15) is 9.90 Å². The summed E-state index contributed by atoms with van der Waals surface area (Å²) >= 11 is 0. The third kappa shape index (κ3) is 3.08. The number of nitrogens with one attached hydrogen (secondary N) is 2. The van der Waals surface area contributed by atoms with Gasteiger partial charge in [0.25, 0.3) is 5.91 Å². The monoisotopic (exact) mass is 307 g/mol. The summed E-state index contributed by atoms with van der Waals surface area (Å²) in [7, 11) is 0. The van der Waals surface area contributed by atoms with Crippen molar-refractivity contribution in [1.82, 2.24) is 10.4 Å². The Labute approximate surface area is 133 Å². The van der Waals surface area contributed by atoms with Crippen molar-refractivity contribution < 1.29 is 9.90 Å². The fourth-order valence-corrected chi connectivity index (χ4v) is 2.51. The van der Waals surface area contributed by atoms with Crippen molar-refractivity contribution in [2.45, 2.75) is 13.3 Å². The van der Waals surface area contributed by atoms with E-state index in [0.29, 0.717) is 5.56 Å². The maximum Gasteiger partial charge on any atom is 0.271 e. The van der Waals surface area contributed by atoms with E-state index in [1.54, 1.807) is 18.3 Å². The Balaban J connectivity index is 1.77. The second kappa shape index (κ2) is 6.36. The number of benzene rings is 2. The maximum absolute atomic E-state index is 11.9. The molecule has 0 atom stereocenters. The average molecular weight is 307 g/mol. The van der Waals surface area contributed by atoms with E-state index in [-0.39, 0.29) is 11.7 Å². The second-order valence-corrected chi connectivity index (χ2v) is 5.19. The third-order valence-corrected chi connectivity index (χ3v) is 3.69. The van der Waals surface area contributed by atoms with Crippen LogP contribution in [0.25, 0.3) is 10.9 Å². The van der Waals surface area contributed by atoms with Gasteiger partial charge < -0.3 is 10.1 Å². The lowest BCUT2D eigenvalue weighted by molar-refractivity contribution is 0.0954. The number of hydrogen-bond acceptors (Lipinski definition) is 3. The van der Waals surface area contributed by atoms with Gasteiger partial charge in [0.1, 0.15) is 5.75 Å². The highest BCUT2D eigenvalue weighted by molar-refractivity contribution is 6.01. The minimum atomic E-state index is -0.369. The smallest absolute Gasteiger partial charge is 0.271 e. The lowest BCUT2D eigenvalue weighted by Crippen LogP contribution is -2.17. The van der Waals surface area contributed by atoms with E-state index in [1.165, 1.54) is 17.7 Å². The minimum absolute atomic E-state index is 0.0466. The van der Waals surface area contributed by atoms with Crippen LogP contribution in [-0.4, -0.2) is 22.2 Å². The molecule has 0 aliphatic rings. The molecular weight excluding hydrogens is 290 g/mol. The number of rotatable bonds is 4. The molecule has 5 nitrogen and oxygen atoms in total. The van der Waals surface area contributed by atoms with Crippen molar-refractivity contribution >= 4 is 23.0 Å². The van der Waals surface area contributed by atoms with Gasteiger partial charge in [0, 0.05) is 28.2 Å². The molecule has 0 saturated carbocycles. The number of carbonyl (C=O) groups excluding carboxylic acids is 1. The number of aromatic amines is 1. The summed E-state index contributed by atoms with van der Waals surface area (Å²) in [6.45, 7) is 2.11. The van der Waals surface area contributed by atoms with Crippen molar-refractivity contribution in [3.05, 3.63) is 65.4 Å². The van der Waals surface area contributed by atoms with Gasteiger partial charge in [0.2, 0.25) is 0 Å². The average Bonchev–Trinajstić information content (AvgIpc) is 2.98. The molecule has 116 valence electrons. The van der Waals surface area contributed by atoms with Crippen molar-refractivity contribution in [2.24, 2.45) is 5.10 Å². The van der Waals surface area contributed by atoms with Gasteiger partial charge in [-0.05, 0) is 30.2 Å². The van der Waals surface area contributed by atoms with Crippen LogP contribution >= 0.6 is 0 Å². The van der Waals surface area contributed by atoms with E-state index in [2.05, 4.69) is 28.5 Å². The molecule has 1 aromatic heterocycles. The number of aryl methyl sites for hydroxylation is 1. The SMILES string of the molecule is CCc1cccc2c(/C=N/NC(=O)c3cccc(O)c3)c[nH]c12. The van der Waals surface area contributed by atoms with Crippen LogP contribution in [0.4, 0.5) is 0 Å².